The molecule has 2 aromatic rings. The zero-order valence-corrected chi connectivity index (χ0v) is 17.2. The van der Waals surface area contributed by atoms with E-state index < -0.39 is 5.91 Å². The molecule has 1 aliphatic heterocycles. The first-order valence-corrected chi connectivity index (χ1v) is 9.80. The van der Waals surface area contributed by atoms with Crippen LogP contribution in [0.2, 0.25) is 0 Å². The molecule has 8 heteroatoms. The molecule has 1 heterocycles. The molecule has 3 N–H and O–H groups in total. The molecular weight excluding hydrogens is 471 g/mol. The molecule has 0 spiro atoms. The second kappa shape index (κ2) is 9.03. The molecule has 3 rings (SSSR count). The summed E-state index contributed by atoms with van der Waals surface area (Å²) in [6.45, 7) is 2.92. The Kier molecular flexibility index (Phi) is 6.49. The number of ether oxygens (including phenoxy) is 1. The molecule has 1 saturated heterocycles. The Balaban J connectivity index is 1.69. The summed E-state index contributed by atoms with van der Waals surface area (Å²) in [5, 5.41) is 11.6. The molecule has 0 saturated carbocycles. The Morgan fingerprint density at radius 3 is 2.71 bits per heavy atom. The van der Waals surface area contributed by atoms with E-state index in [1.807, 2.05) is 12.1 Å². The van der Waals surface area contributed by atoms with Crippen LogP contribution in [0.1, 0.15) is 22.3 Å². The number of rotatable bonds is 5. The quantitative estimate of drug-likeness (QED) is 0.289. The Labute approximate surface area is 176 Å². The van der Waals surface area contributed by atoms with Gasteiger partial charge in [-0.05, 0) is 46.9 Å². The van der Waals surface area contributed by atoms with Gasteiger partial charge >= 0.3 is 0 Å². The number of ketones is 1. The molecule has 2 aromatic carbocycles. The number of hydrogen-bond donors (Lipinski definition) is 2. The van der Waals surface area contributed by atoms with Crippen molar-refractivity contribution in [1.29, 1.82) is 5.26 Å². The third-order valence-corrected chi connectivity index (χ3v) is 5.24. The molecule has 1 fully saturated rings. The number of anilines is 3. The van der Waals surface area contributed by atoms with Gasteiger partial charge < -0.3 is 20.7 Å². The van der Waals surface area contributed by atoms with Gasteiger partial charge in [-0.15, -0.1) is 0 Å². The fourth-order valence-electron chi connectivity index (χ4n) is 2.94. The zero-order chi connectivity index (χ0) is 20.1. The van der Waals surface area contributed by atoms with Crippen LogP contribution in [-0.4, -0.2) is 38.0 Å². The molecule has 1 aliphatic rings. The Morgan fingerprint density at radius 2 is 2.00 bits per heavy atom. The van der Waals surface area contributed by atoms with E-state index in [1.165, 1.54) is 6.07 Å². The highest BCUT2D eigenvalue weighted by atomic mass is 127. The average Bonchev–Trinajstić information content (AvgIpc) is 2.71. The van der Waals surface area contributed by atoms with Crippen LogP contribution in [0, 0.1) is 14.9 Å². The fourth-order valence-corrected chi connectivity index (χ4v) is 3.75. The molecule has 0 bridgehead atoms. The smallest absolute Gasteiger partial charge is 0.232 e. The predicted molar refractivity (Wildman–Crippen MR) is 115 cm³/mol. The van der Waals surface area contributed by atoms with Gasteiger partial charge in [0.25, 0.3) is 0 Å². The lowest BCUT2D eigenvalue weighted by molar-refractivity contribution is -0.115. The Morgan fingerprint density at radius 1 is 1.25 bits per heavy atom. The largest absolute Gasteiger partial charge is 0.397 e. The topological polar surface area (TPSA) is 108 Å². The number of nitriles is 1. The standard InChI is InChI=1S/C20H19IN4O3/c21-15-9-17(16(23)10-18(15)25-4-6-28-7-5-25)24-20(27)11-19(26)14-3-1-2-13(8-14)12-22/h1-3,8-10H,4-7,11,23H2,(H,24,27). The van der Waals surface area contributed by atoms with Crippen molar-refractivity contribution in [2.24, 2.45) is 0 Å². The summed E-state index contributed by atoms with van der Waals surface area (Å²) >= 11 is 2.21. The van der Waals surface area contributed by atoms with Gasteiger partial charge in [-0.2, -0.15) is 5.26 Å². The van der Waals surface area contributed by atoms with Crippen molar-refractivity contribution in [2.45, 2.75) is 6.42 Å². The SMILES string of the molecule is N#Cc1cccc(C(=O)CC(=O)Nc2cc(I)c(N3CCOCC3)cc2N)c1. The molecule has 0 radical (unpaired) electrons. The van der Waals surface area contributed by atoms with Gasteiger partial charge in [0.05, 0.1) is 48.3 Å². The minimum atomic E-state index is -0.450. The van der Waals surface area contributed by atoms with E-state index in [0.717, 1.165) is 22.3 Å². The average molecular weight is 490 g/mol. The maximum absolute atomic E-state index is 12.3. The second-order valence-corrected chi connectivity index (χ2v) is 7.49. The lowest BCUT2D eigenvalue weighted by Gasteiger charge is -2.30. The number of hydrogen-bond acceptors (Lipinski definition) is 6. The summed E-state index contributed by atoms with van der Waals surface area (Å²) in [6.07, 6.45) is -0.323. The van der Waals surface area contributed by atoms with Gasteiger partial charge in [0.2, 0.25) is 5.91 Å². The highest BCUT2D eigenvalue weighted by molar-refractivity contribution is 14.1. The summed E-state index contributed by atoms with van der Waals surface area (Å²) < 4.78 is 6.33. The van der Waals surface area contributed by atoms with E-state index in [2.05, 4.69) is 32.8 Å². The van der Waals surface area contributed by atoms with Gasteiger partial charge in [0.1, 0.15) is 0 Å². The third-order valence-electron chi connectivity index (χ3n) is 4.38. The summed E-state index contributed by atoms with van der Waals surface area (Å²) in [7, 11) is 0. The van der Waals surface area contributed by atoms with Crippen LogP contribution >= 0.6 is 22.6 Å². The zero-order valence-electron chi connectivity index (χ0n) is 15.1. The van der Waals surface area contributed by atoms with Crippen LogP contribution in [0.25, 0.3) is 0 Å². The van der Waals surface area contributed by atoms with Crippen LogP contribution < -0.4 is 16.0 Å². The number of carbonyl (C=O) groups excluding carboxylic acids is 2. The minimum Gasteiger partial charge on any atom is -0.397 e. The van der Waals surface area contributed by atoms with Crippen molar-refractivity contribution in [3.63, 3.8) is 0 Å². The number of halogens is 1. The molecule has 0 aliphatic carbocycles. The number of nitrogens with one attached hydrogen (secondary N) is 1. The number of nitrogens with zero attached hydrogens (tertiary/aromatic N) is 2. The van der Waals surface area contributed by atoms with E-state index >= 15 is 0 Å². The first-order chi connectivity index (χ1) is 13.5. The third kappa shape index (κ3) is 4.79. The van der Waals surface area contributed by atoms with Crippen LogP contribution in [0.3, 0.4) is 0 Å². The molecule has 0 aromatic heterocycles. The highest BCUT2D eigenvalue weighted by Gasteiger charge is 2.18. The van der Waals surface area contributed by atoms with Crippen molar-refractivity contribution in [3.8, 4) is 6.07 Å². The lowest BCUT2D eigenvalue weighted by Crippen LogP contribution is -2.36. The van der Waals surface area contributed by atoms with E-state index in [1.54, 1.807) is 24.3 Å². The molecule has 144 valence electrons. The van der Waals surface area contributed by atoms with Crippen LogP contribution in [0.5, 0.6) is 0 Å². The number of morpholine rings is 1. The van der Waals surface area contributed by atoms with Crippen molar-refractivity contribution >= 4 is 51.3 Å². The maximum Gasteiger partial charge on any atom is 0.232 e. The highest BCUT2D eigenvalue weighted by Crippen LogP contribution is 2.31. The van der Waals surface area contributed by atoms with Gasteiger partial charge in [-0.3, -0.25) is 9.59 Å². The van der Waals surface area contributed by atoms with Crippen molar-refractivity contribution in [2.75, 3.05) is 42.3 Å². The Hall–Kier alpha value is -2.64. The van der Waals surface area contributed by atoms with Gasteiger partial charge in [-0.25, -0.2) is 0 Å². The number of nitrogens with two attached hydrogens (primary N) is 1. The lowest BCUT2D eigenvalue weighted by atomic mass is 10.1. The van der Waals surface area contributed by atoms with Crippen molar-refractivity contribution < 1.29 is 14.3 Å². The monoisotopic (exact) mass is 490 g/mol. The van der Waals surface area contributed by atoms with Crippen LogP contribution in [0.4, 0.5) is 17.1 Å². The van der Waals surface area contributed by atoms with E-state index in [-0.39, 0.29) is 12.2 Å². The van der Waals surface area contributed by atoms with Crippen LogP contribution in [0.15, 0.2) is 36.4 Å². The normalized spacial score (nSPS) is 13.6. The molecular formula is C20H19IN4O3. The Bertz CT molecular complexity index is 949. The number of amides is 1. The van der Waals surface area contributed by atoms with Crippen molar-refractivity contribution in [1.82, 2.24) is 0 Å². The second-order valence-electron chi connectivity index (χ2n) is 6.33. The number of benzene rings is 2. The van der Waals surface area contributed by atoms with E-state index in [9.17, 15) is 9.59 Å². The number of Topliss-reactive ketones (excluding diaryl/α,β-unsaturated/α-hetero) is 1. The van der Waals surface area contributed by atoms with Gasteiger partial charge in [-0.1, -0.05) is 12.1 Å². The van der Waals surface area contributed by atoms with Gasteiger partial charge in [0.15, 0.2) is 5.78 Å². The number of nitrogen functional groups attached to an aromatic ring is 1. The van der Waals surface area contributed by atoms with E-state index in [0.29, 0.717) is 35.7 Å². The summed E-state index contributed by atoms with van der Waals surface area (Å²) in [5.74, 6) is -0.804. The van der Waals surface area contributed by atoms with Gasteiger partial charge in [0, 0.05) is 22.2 Å². The van der Waals surface area contributed by atoms with Crippen molar-refractivity contribution in [3.05, 3.63) is 51.1 Å². The number of carbonyl (C=O) groups is 2. The molecule has 28 heavy (non-hydrogen) atoms. The summed E-state index contributed by atoms with van der Waals surface area (Å²) in [6, 6.07) is 11.9. The minimum absolute atomic E-state index is 0.323. The van der Waals surface area contributed by atoms with E-state index in [4.69, 9.17) is 15.7 Å². The molecule has 7 nitrogen and oxygen atoms in total. The fraction of sp³-hybridized carbons (Fsp3) is 0.250. The summed E-state index contributed by atoms with van der Waals surface area (Å²) in [4.78, 5) is 26.8. The first-order valence-electron chi connectivity index (χ1n) is 8.73. The molecule has 0 unspecified atom stereocenters. The van der Waals surface area contributed by atoms with Crippen LogP contribution in [-0.2, 0) is 9.53 Å². The summed E-state index contributed by atoms with van der Waals surface area (Å²) in [5.41, 5.74) is 8.76. The maximum atomic E-state index is 12.3. The first kappa shape index (κ1) is 20.1. The predicted octanol–water partition coefficient (Wildman–Crippen LogP) is 2.79. The molecule has 0 atom stereocenters. The molecule has 1 amide bonds.